The predicted molar refractivity (Wildman–Crippen MR) is 163 cm³/mol. The Balaban J connectivity index is 1.88. The number of aromatic nitrogens is 1. The van der Waals surface area contributed by atoms with Crippen molar-refractivity contribution in [3.05, 3.63) is 98.3 Å². The summed E-state index contributed by atoms with van der Waals surface area (Å²) in [5, 5.41) is 0. The number of hydrogen-bond acceptors (Lipinski definition) is 6. The van der Waals surface area contributed by atoms with E-state index in [9.17, 15) is 9.59 Å². The number of carbonyl (C=O) groups excluding carboxylic acids is 1. The highest BCUT2D eigenvalue weighted by molar-refractivity contribution is 14.1. The maximum absolute atomic E-state index is 13.7. The zero-order valence-corrected chi connectivity index (χ0v) is 25.5. The van der Waals surface area contributed by atoms with Gasteiger partial charge >= 0.3 is 0 Å². The van der Waals surface area contributed by atoms with Crippen molar-refractivity contribution in [2.45, 2.75) is 19.9 Å². The first-order chi connectivity index (χ1) is 17.1. The van der Waals surface area contributed by atoms with Gasteiger partial charge < -0.3 is 9.64 Å². The van der Waals surface area contributed by atoms with E-state index in [0.717, 1.165) is 29.7 Å². The minimum atomic E-state index is -0.521. The van der Waals surface area contributed by atoms with Crippen LogP contribution in [0, 0.1) is 7.14 Å². The number of rotatable bonds is 7. The summed E-state index contributed by atoms with van der Waals surface area (Å²) in [5.74, 6) is 0.712. The highest BCUT2D eigenvalue weighted by Gasteiger charge is 2.30. The molecule has 6 nitrogen and oxygen atoms in total. The molecule has 0 bridgehead atoms. The number of allylic oxidation sites excluding steroid dienone is 2. The molecule has 3 aromatic rings. The van der Waals surface area contributed by atoms with Gasteiger partial charge in [-0.05, 0) is 100 Å². The molecule has 0 radical (unpaired) electrons. The SMILES string of the molecule is C=CCOc1c(I)cc(C=c2sc3n(c2=O)C(c2ccc(N(C)C)cc2)C(C(C)=O)=C(C)N=3)cc1I. The zero-order valence-electron chi connectivity index (χ0n) is 20.3. The fraction of sp³-hybridized carbons (Fsp3) is 0.222. The minimum absolute atomic E-state index is 0.0913. The van der Waals surface area contributed by atoms with Gasteiger partial charge in [-0.1, -0.05) is 36.1 Å². The Morgan fingerprint density at radius 3 is 2.42 bits per heavy atom. The molecule has 0 N–H and O–H groups in total. The van der Waals surface area contributed by atoms with Crippen molar-refractivity contribution >= 4 is 74.1 Å². The van der Waals surface area contributed by atoms with E-state index in [0.29, 0.717) is 27.2 Å². The summed E-state index contributed by atoms with van der Waals surface area (Å²) in [6.07, 6.45) is 3.59. The molecule has 2 heterocycles. The van der Waals surface area contributed by atoms with E-state index in [1.54, 1.807) is 10.6 Å². The van der Waals surface area contributed by atoms with Crippen LogP contribution >= 0.6 is 56.5 Å². The smallest absolute Gasteiger partial charge is 0.271 e. The minimum Gasteiger partial charge on any atom is -0.487 e. The molecular formula is C27H25I2N3O3S. The highest BCUT2D eigenvalue weighted by atomic mass is 127. The van der Waals surface area contributed by atoms with Crippen LogP contribution in [0.5, 0.6) is 5.75 Å². The Morgan fingerprint density at radius 1 is 1.22 bits per heavy atom. The predicted octanol–water partition coefficient (Wildman–Crippen LogP) is 4.66. The summed E-state index contributed by atoms with van der Waals surface area (Å²) in [7, 11) is 3.95. The fourth-order valence-corrected chi connectivity index (χ4v) is 7.31. The van der Waals surface area contributed by atoms with Gasteiger partial charge in [0.2, 0.25) is 0 Å². The van der Waals surface area contributed by atoms with Crippen molar-refractivity contribution in [3.8, 4) is 5.75 Å². The van der Waals surface area contributed by atoms with Crippen LogP contribution in [0.25, 0.3) is 6.08 Å². The molecule has 1 aliphatic rings. The van der Waals surface area contributed by atoms with Crippen LogP contribution in [0.4, 0.5) is 5.69 Å². The van der Waals surface area contributed by atoms with E-state index in [1.807, 2.05) is 68.4 Å². The van der Waals surface area contributed by atoms with Gasteiger partial charge in [0.15, 0.2) is 10.6 Å². The molecular weight excluding hydrogens is 700 g/mol. The number of ether oxygens (including phenoxy) is 1. The Kier molecular flexibility index (Phi) is 8.20. The number of fused-ring (bicyclic) bond motifs is 1. The second-order valence-corrected chi connectivity index (χ2v) is 11.9. The van der Waals surface area contributed by atoms with Crippen LogP contribution in [0.2, 0.25) is 0 Å². The Labute approximate surface area is 241 Å². The number of thiazole rings is 1. The van der Waals surface area contributed by atoms with E-state index in [2.05, 4.69) is 56.8 Å². The fourth-order valence-electron chi connectivity index (χ4n) is 4.14. The maximum atomic E-state index is 13.7. The lowest BCUT2D eigenvalue weighted by atomic mass is 9.93. The lowest BCUT2D eigenvalue weighted by Gasteiger charge is -2.25. The number of nitrogens with zero attached hydrogens (tertiary/aromatic N) is 3. The van der Waals surface area contributed by atoms with Gasteiger partial charge in [-0.3, -0.25) is 14.2 Å². The Morgan fingerprint density at radius 2 is 1.86 bits per heavy atom. The standard InChI is InChI=1S/C27H25I2N3O3S/c1-6-11-35-25-20(28)12-17(13-21(25)29)14-22-26(34)32-24(18-7-9-19(10-8-18)31(4)5)23(16(3)33)15(2)30-27(32)36-22/h6-10,12-14,24H,1,11H2,2-5H3. The third-order valence-corrected chi connectivity index (χ3v) is 8.38. The molecule has 1 aliphatic heterocycles. The Hall–Kier alpha value is -2.25. The monoisotopic (exact) mass is 725 g/mol. The van der Waals surface area contributed by atoms with Gasteiger partial charge in [-0.2, -0.15) is 0 Å². The van der Waals surface area contributed by atoms with Gasteiger partial charge in [0, 0.05) is 31.1 Å². The number of benzene rings is 2. The average molecular weight is 725 g/mol. The van der Waals surface area contributed by atoms with Crippen molar-refractivity contribution in [1.82, 2.24) is 4.57 Å². The third-order valence-electron chi connectivity index (χ3n) is 5.79. The van der Waals surface area contributed by atoms with Crippen molar-refractivity contribution in [2.24, 2.45) is 4.99 Å². The summed E-state index contributed by atoms with van der Waals surface area (Å²) in [4.78, 5) is 33.7. The molecule has 0 aliphatic carbocycles. The summed E-state index contributed by atoms with van der Waals surface area (Å²) >= 11 is 5.82. The van der Waals surface area contributed by atoms with Gasteiger partial charge in [-0.25, -0.2) is 4.99 Å². The summed E-state index contributed by atoms with van der Waals surface area (Å²) in [6.45, 7) is 7.50. The van der Waals surface area contributed by atoms with Gasteiger partial charge in [-0.15, -0.1) is 0 Å². The number of carbonyl (C=O) groups is 1. The molecule has 0 spiro atoms. The van der Waals surface area contributed by atoms with E-state index < -0.39 is 6.04 Å². The highest BCUT2D eigenvalue weighted by Crippen LogP contribution is 2.32. The third kappa shape index (κ3) is 5.23. The number of ketones is 1. The Bertz CT molecular complexity index is 1540. The second kappa shape index (κ2) is 11.0. The maximum Gasteiger partial charge on any atom is 0.271 e. The van der Waals surface area contributed by atoms with Crippen LogP contribution in [0.1, 0.15) is 31.0 Å². The lowest BCUT2D eigenvalue weighted by molar-refractivity contribution is -0.114. The molecule has 1 aromatic heterocycles. The summed E-state index contributed by atoms with van der Waals surface area (Å²) in [6, 6.07) is 11.4. The van der Waals surface area contributed by atoms with Gasteiger partial charge in [0.25, 0.3) is 5.56 Å². The molecule has 0 saturated carbocycles. The molecule has 0 fully saturated rings. The normalized spacial score (nSPS) is 15.4. The van der Waals surface area contributed by atoms with Crippen LogP contribution in [0.15, 0.2) is 70.1 Å². The molecule has 9 heteroatoms. The largest absolute Gasteiger partial charge is 0.487 e. The van der Waals surface area contributed by atoms with Crippen molar-refractivity contribution in [1.29, 1.82) is 0 Å². The van der Waals surface area contributed by atoms with Crippen LogP contribution in [-0.2, 0) is 4.79 Å². The van der Waals surface area contributed by atoms with Crippen LogP contribution < -0.4 is 24.5 Å². The van der Waals surface area contributed by atoms with E-state index in [4.69, 9.17) is 4.74 Å². The molecule has 4 rings (SSSR count). The first kappa shape index (κ1) is 26.8. The number of halogens is 2. The quantitative estimate of drug-likeness (QED) is 0.263. The number of Topliss-reactive ketones (excluding diaryl/α,β-unsaturated/α-hetero) is 1. The van der Waals surface area contributed by atoms with Gasteiger partial charge in [0.05, 0.1) is 17.7 Å². The zero-order chi connectivity index (χ0) is 26.1. The molecule has 0 amide bonds. The van der Waals surface area contributed by atoms with Gasteiger partial charge in [0.1, 0.15) is 12.4 Å². The molecule has 2 aromatic carbocycles. The topological polar surface area (TPSA) is 63.9 Å². The van der Waals surface area contributed by atoms with Crippen LogP contribution in [0.3, 0.4) is 0 Å². The average Bonchev–Trinajstić information content (AvgIpc) is 3.11. The molecule has 186 valence electrons. The first-order valence-corrected chi connectivity index (χ1v) is 14.1. The summed E-state index contributed by atoms with van der Waals surface area (Å²) < 4.78 is 9.90. The first-order valence-electron chi connectivity index (χ1n) is 11.2. The van der Waals surface area contributed by atoms with E-state index in [1.165, 1.54) is 18.3 Å². The molecule has 1 atom stereocenters. The van der Waals surface area contributed by atoms with Crippen molar-refractivity contribution in [2.75, 3.05) is 25.6 Å². The van der Waals surface area contributed by atoms with Crippen LogP contribution in [-0.4, -0.2) is 31.1 Å². The van der Waals surface area contributed by atoms with E-state index >= 15 is 0 Å². The number of anilines is 1. The molecule has 36 heavy (non-hydrogen) atoms. The second-order valence-electron chi connectivity index (χ2n) is 8.54. The lowest BCUT2D eigenvalue weighted by Crippen LogP contribution is -2.39. The summed E-state index contributed by atoms with van der Waals surface area (Å²) in [5.41, 5.74) is 3.84. The van der Waals surface area contributed by atoms with Crippen molar-refractivity contribution in [3.63, 3.8) is 0 Å². The molecule has 1 unspecified atom stereocenters. The molecule has 0 saturated heterocycles. The van der Waals surface area contributed by atoms with E-state index in [-0.39, 0.29) is 11.3 Å². The number of hydrogen-bond donors (Lipinski definition) is 0. The van der Waals surface area contributed by atoms with Crippen molar-refractivity contribution < 1.29 is 9.53 Å².